The predicted molar refractivity (Wildman–Crippen MR) is 100 cm³/mol. The van der Waals surface area contributed by atoms with Gasteiger partial charge in [-0.05, 0) is 53.6 Å². The maximum Gasteiger partial charge on any atom is 0.169 e. The fourth-order valence-corrected chi connectivity index (χ4v) is 3.31. The molecule has 0 radical (unpaired) electrons. The molecule has 4 nitrogen and oxygen atoms in total. The third-order valence-corrected chi connectivity index (χ3v) is 4.76. The van der Waals surface area contributed by atoms with Crippen LogP contribution in [-0.2, 0) is 0 Å². The number of ketones is 1. The topological polar surface area (TPSA) is 41.9 Å². The molecule has 0 fully saturated rings. The van der Waals surface area contributed by atoms with Gasteiger partial charge in [-0.15, -0.1) is 0 Å². The Morgan fingerprint density at radius 2 is 2.00 bits per heavy atom. The Morgan fingerprint density at radius 3 is 2.84 bits per heavy atom. The van der Waals surface area contributed by atoms with Crippen LogP contribution < -0.4 is 4.74 Å². The number of Topliss-reactive ketones (excluding diaryl/α,β-unsaturated/α-hetero) is 1. The van der Waals surface area contributed by atoms with Crippen molar-refractivity contribution in [2.24, 2.45) is 10.9 Å². The van der Waals surface area contributed by atoms with E-state index in [2.05, 4.69) is 29.0 Å². The lowest BCUT2D eigenvalue weighted by atomic mass is 9.93. The number of nitrogens with zero attached hydrogens (tertiary/aromatic N) is 2. The SMILES string of the molecule is COc1ccc2cc(C(=O)C3CN=C4C=C(C)C=CN4C3)ccc2c1. The molecule has 0 amide bonds. The fraction of sp³-hybridized carbons (Fsp3) is 0.238. The largest absolute Gasteiger partial charge is 0.497 e. The van der Waals surface area contributed by atoms with Gasteiger partial charge < -0.3 is 9.64 Å². The van der Waals surface area contributed by atoms with Crippen LogP contribution in [0.25, 0.3) is 10.8 Å². The number of methoxy groups -OCH3 is 1. The number of hydrogen-bond acceptors (Lipinski definition) is 4. The summed E-state index contributed by atoms with van der Waals surface area (Å²) >= 11 is 0. The quantitative estimate of drug-likeness (QED) is 0.802. The maximum absolute atomic E-state index is 12.9. The van der Waals surface area contributed by atoms with Crippen molar-refractivity contribution in [2.75, 3.05) is 20.2 Å². The summed E-state index contributed by atoms with van der Waals surface area (Å²) in [5.74, 6) is 1.81. The van der Waals surface area contributed by atoms with Crippen LogP contribution in [0.2, 0.25) is 0 Å². The van der Waals surface area contributed by atoms with Crippen LogP contribution in [-0.4, -0.2) is 36.7 Å². The highest BCUT2D eigenvalue weighted by Gasteiger charge is 2.27. The van der Waals surface area contributed by atoms with Crippen molar-refractivity contribution < 1.29 is 9.53 Å². The molecule has 4 rings (SSSR count). The molecule has 1 unspecified atom stereocenters. The number of rotatable bonds is 3. The van der Waals surface area contributed by atoms with Gasteiger partial charge in [-0.3, -0.25) is 9.79 Å². The molecular formula is C21H20N2O2. The van der Waals surface area contributed by atoms with Crippen LogP contribution >= 0.6 is 0 Å². The van der Waals surface area contributed by atoms with Crippen LogP contribution in [0.15, 0.2) is 65.3 Å². The zero-order valence-electron chi connectivity index (χ0n) is 14.4. The Kier molecular flexibility index (Phi) is 3.88. The number of benzene rings is 2. The number of amidine groups is 1. The zero-order valence-corrected chi connectivity index (χ0v) is 14.4. The Morgan fingerprint density at radius 1 is 1.20 bits per heavy atom. The van der Waals surface area contributed by atoms with Crippen LogP contribution in [0.5, 0.6) is 5.75 Å². The first kappa shape index (κ1) is 15.6. The van der Waals surface area contributed by atoms with Gasteiger partial charge in [0, 0.05) is 18.3 Å². The summed E-state index contributed by atoms with van der Waals surface area (Å²) < 4.78 is 5.25. The smallest absolute Gasteiger partial charge is 0.169 e. The van der Waals surface area contributed by atoms with Gasteiger partial charge in [0.1, 0.15) is 11.6 Å². The average Bonchev–Trinajstić information content (AvgIpc) is 2.66. The third-order valence-electron chi connectivity index (χ3n) is 4.76. The van der Waals surface area contributed by atoms with Crippen LogP contribution in [0.4, 0.5) is 0 Å². The van der Waals surface area contributed by atoms with E-state index in [0.29, 0.717) is 13.1 Å². The fourth-order valence-electron chi connectivity index (χ4n) is 3.31. The highest BCUT2D eigenvalue weighted by Crippen LogP contribution is 2.25. The third kappa shape index (κ3) is 2.95. The van der Waals surface area contributed by atoms with Gasteiger partial charge in [-0.2, -0.15) is 0 Å². The summed E-state index contributed by atoms with van der Waals surface area (Å²) in [6, 6.07) is 11.7. The van der Waals surface area contributed by atoms with Gasteiger partial charge in [-0.25, -0.2) is 0 Å². The molecule has 1 atom stereocenters. The minimum atomic E-state index is -0.115. The predicted octanol–water partition coefficient (Wildman–Crippen LogP) is 3.84. The van der Waals surface area contributed by atoms with Gasteiger partial charge in [-0.1, -0.05) is 18.2 Å². The molecule has 2 aliphatic rings. The van der Waals surface area contributed by atoms with Crippen molar-refractivity contribution in [2.45, 2.75) is 6.92 Å². The van der Waals surface area contributed by atoms with Crippen molar-refractivity contribution in [1.29, 1.82) is 0 Å². The normalized spacial score (nSPS) is 19.3. The van der Waals surface area contributed by atoms with Gasteiger partial charge in [0.25, 0.3) is 0 Å². The molecule has 4 heteroatoms. The number of carbonyl (C=O) groups excluding carboxylic acids is 1. The van der Waals surface area contributed by atoms with Crippen molar-refractivity contribution in [3.05, 3.63) is 65.9 Å². The molecule has 2 aromatic carbocycles. The molecule has 25 heavy (non-hydrogen) atoms. The molecule has 2 aliphatic heterocycles. The second-order valence-electron chi connectivity index (χ2n) is 6.54. The molecule has 0 saturated heterocycles. The van der Waals surface area contributed by atoms with Crippen molar-refractivity contribution in [1.82, 2.24) is 4.90 Å². The number of carbonyl (C=O) groups is 1. The Bertz CT molecular complexity index is 940. The lowest BCUT2D eigenvalue weighted by molar-refractivity contribution is 0.0909. The summed E-state index contributed by atoms with van der Waals surface area (Å²) in [6.45, 7) is 3.28. The molecule has 0 aliphatic carbocycles. The second-order valence-corrected chi connectivity index (χ2v) is 6.54. The van der Waals surface area contributed by atoms with Crippen molar-refractivity contribution >= 4 is 22.4 Å². The van der Waals surface area contributed by atoms with E-state index in [1.165, 1.54) is 5.57 Å². The summed E-state index contributed by atoms with van der Waals surface area (Å²) in [5.41, 5.74) is 1.93. The Balaban J connectivity index is 1.59. The summed E-state index contributed by atoms with van der Waals surface area (Å²) in [5, 5.41) is 2.11. The molecule has 0 saturated carbocycles. The number of allylic oxidation sites excluding steroid dienone is 2. The number of aliphatic imine (C=N–C) groups is 1. The van der Waals surface area contributed by atoms with Crippen LogP contribution in [0, 0.1) is 5.92 Å². The second kappa shape index (κ2) is 6.20. The Labute approximate surface area is 147 Å². The van der Waals surface area contributed by atoms with Crippen LogP contribution in [0.1, 0.15) is 17.3 Å². The van der Waals surface area contributed by atoms with Gasteiger partial charge in [0.15, 0.2) is 5.78 Å². The van der Waals surface area contributed by atoms with Gasteiger partial charge in [0.05, 0.1) is 19.6 Å². The minimum absolute atomic E-state index is 0.115. The summed E-state index contributed by atoms with van der Waals surface area (Å²) in [4.78, 5) is 19.6. The first-order valence-electron chi connectivity index (χ1n) is 8.43. The monoisotopic (exact) mass is 332 g/mol. The van der Waals surface area contributed by atoms with E-state index in [1.54, 1.807) is 7.11 Å². The van der Waals surface area contributed by atoms with Gasteiger partial charge >= 0.3 is 0 Å². The van der Waals surface area contributed by atoms with E-state index < -0.39 is 0 Å². The molecule has 2 aromatic rings. The van der Waals surface area contributed by atoms with Crippen molar-refractivity contribution in [3.63, 3.8) is 0 Å². The van der Waals surface area contributed by atoms with E-state index in [9.17, 15) is 4.79 Å². The lowest BCUT2D eigenvalue weighted by Crippen LogP contribution is -2.40. The molecule has 2 heterocycles. The number of hydrogen-bond donors (Lipinski definition) is 0. The standard InChI is InChI=1S/C21H20N2O2/c1-14-7-8-23-13-18(12-22-20(23)9-14)21(24)17-4-3-16-11-19(25-2)6-5-15(16)10-17/h3-11,18H,12-13H2,1-2H3. The van der Waals surface area contributed by atoms with E-state index in [4.69, 9.17) is 4.74 Å². The molecule has 0 spiro atoms. The first-order chi connectivity index (χ1) is 12.1. The van der Waals surface area contributed by atoms with Crippen LogP contribution in [0.3, 0.4) is 0 Å². The lowest BCUT2D eigenvalue weighted by Gasteiger charge is -2.31. The highest BCUT2D eigenvalue weighted by molar-refractivity contribution is 6.03. The molecule has 0 bridgehead atoms. The van der Waals surface area contributed by atoms with E-state index in [0.717, 1.165) is 27.9 Å². The van der Waals surface area contributed by atoms with Gasteiger partial charge in [0.2, 0.25) is 0 Å². The maximum atomic E-state index is 12.9. The Hall–Kier alpha value is -2.88. The van der Waals surface area contributed by atoms with E-state index in [1.807, 2.05) is 42.6 Å². The molecular weight excluding hydrogens is 312 g/mol. The zero-order chi connectivity index (χ0) is 17.4. The van der Waals surface area contributed by atoms with E-state index in [-0.39, 0.29) is 11.7 Å². The number of fused-ring (bicyclic) bond motifs is 2. The highest BCUT2D eigenvalue weighted by atomic mass is 16.5. The first-order valence-corrected chi connectivity index (χ1v) is 8.43. The average molecular weight is 332 g/mol. The van der Waals surface area contributed by atoms with Crippen molar-refractivity contribution in [3.8, 4) is 5.75 Å². The molecule has 0 aromatic heterocycles. The summed E-state index contributed by atoms with van der Waals surface area (Å²) in [7, 11) is 1.66. The van der Waals surface area contributed by atoms with E-state index >= 15 is 0 Å². The number of ether oxygens (including phenoxy) is 1. The molecule has 126 valence electrons. The molecule has 0 N–H and O–H groups in total. The summed E-state index contributed by atoms with van der Waals surface area (Å²) in [6.07, 6.45) is 6.12. The minimum Gasteiger partial charge on any atom is -0.497 e.